The van der Waals surface area contributed by atoms with Crippen LogP contribution in [-0.4, -0.2) is 62.9 Å². The molecule has 0 saturated carbocycles. The zero-order chi connectivity index (χ0) is 18.6. The van der Waals surface area contributed by atoms with Crippen molar-refractivity contribution >= 4 is 0 Å². The van der Waals surface area contributed by atoms with E-state index in [0.717, 1.165) is 50.9 Å². The van der Waals surface area contributed by atoms with Crippen molar-refractivity contribution in [1.29, 1.82) is 0 Å². The number of ether oxygens (including phenoxy) is 3. The number of piperazine rings is 1. The first-order valence-corrected chi connectivity index (χ1v) is 9.61. The maximum absolute atomic E-state index is 5.97. The van der Waals surface area contributed by atoms with Crippen molar-refractivity contribution in [3.05, 3.63) is 59.7 Å². The fourth-order valence-corrected chi connectivity index (χ4v) is 4.33. The van der Waals surface area contributed by atoms with Gasteiger partial charge in [0.2, 0.25) is 0 Å². The molecule has 0 radical (unpaired) electrons. The molecule has 0 aromatic heterocycles. The highest BCUT2D eigenvalue weighted by Crippen LogP contribution is 2.33. The summed E-state index contributed by atoms with van der Waals surface area (Å²) in [5, 5.41) is 0. The Morgan fingerprint density at radius 1 is 0.963 bits per heavy atom. The Bertz CT molecular complexity index is 752. The predicted octanol–water partition coefficient (Wildman–Crippen LogP) is 2.96. The minimum atomic E-state index is 0.360. The Balaban J connectivity index is 1.46. The highest BCUT2D eigenvalue weighted by Gasteiger charge is 2.36. The Labute approximate surface area is 161 Å². The van der Waals surface area contributed by atoms with Crippen molar-refractivity contribution in [3.63, 3.8) is 0 Å². The van der Waals surface area contributed by atoms with E-state index < -0.39 is 0 Å². The molecule has 2 heterocycles. The number of morpholine rings is 1. The van der Waals surface area contributed by atoms with E-state index in [1.807, 2.05) is 12.1 Å². The standard InChI is InChI=1S/C22H28N2O3/c1-25-21-10-6-9-18(22(21)26-2)13-23-11-12-24-19(14-23)15-27-16-20(24)17-7-4-3-5-8-17/h3-10,19-20H,11-16H2,1-2H3/t19-,20-/m1/s1. The molecule has 0 amide bonds. The molecule has 0 aliphatic carbocycles. The molecule has 0 bridgehead atoms. The fourth-order valence-electron chi connectivity index (χ4n) is 4.33. The minimum absolute atomic E-state index is 0.360. The van der Waals surface area contributed by atoms with Crippen LogP contribution in [0.1, 0.15) is 17.2 Å². The highest BCUT2D eigenvalue weighted by atomic mass is 16.5. The van der Waals surface area contributed by atoms with Crippen LogP contribution in [0, 0.1) is 0 Å². The second-order valence-corrected chi connectivity index (χ2v) is 7.24. The van der Waals surface area contributed by atoms with Crippen molar-refractivity contribution < 1.29 is 14.2 Å². The van der Waals surface area contributed by atoms with E-state index in [1.54, 1.807) is 14.2 Å². The lowest BCUT2D eigenvalue weighted by molar-refractivity contribution is -0.0836. The van der Waals surface area contributed by atoms with Gasteiger partial charge >= 0.3 is 0 Å². The second kappa shape index (κ2) is 8.30. The van der Waals surface area contributed by atoms with E-state index in [-0.39, 0.29) is 0 Å². The van der Waals surface area contributed by atoms with E-state index in [1.165, 1.54) is 11.1 Å². The van der Waals surface area contributed by atoms with Crippen molar-refractivity contribution in [2.45, 2.75) is 18.6 Å². The molecule has 2 aliphatic heterocycles. The molecule has 5 nitrogen and oxygen atoms in total. The first kappa shape index (κ1) is 18.3. The molecule has 2 aromatic rings. The molecular weight excluding hydrogens is 340 g/mol. The van der Waals surface area contributed by atoms with Gasteiger partial charge in [-0.15, -0.1) is 0 Å². The SMILES string of the molecule is COc1cccc(CN2CCN3[C@@H](COC[C@@H]3c3ccccc3)C2)c1OC. The Hall–Kier alpha value is -2.08. The van der Waals surface area contributed by atoms with Crippen LogP contribution in [0.25, 0.3) is 0 Å². The maximum atomic E-state index is 5.97. The number of para-hydroxylation sites is 1. The molecule has 27 heavy (non-hydrogen) atoms. The van der Waals surface area contributed by atoms with Gasteiger partial charge in [-0.1, -0.05) is 42.5 Å². The molecule has 2 saturated heterocycles. The Morgan fingerprint density at radius 3 is 2.59 bits per heavy atom. The summed E-state index contributed by atoms with van der Waals surface area (Å²) in [6.45, 7) is 5.55. The van der Waals surface area contributed by atoms with Gasteiger partial charge < -0.3 is 14.2 Å². The first-order chi connectivity index (χ1) is 13.3. The average Bonchev–Trinajstić information content (AvgIpc) is 2.73. The quantitative estimate of drug-likeness (QED) is 0.811. The molecule has 0 N–H and O–H groups in total. The molecular formula is C22H28N2O3. The lowest BCUT2D eigenvalue weighted by Gasteiger charge is -2.48. The van der Waals surface area contributed by atoms with Gasteiger partial charge in [-0.3, -0.25) is 9.80 Å². The molecule has 4 rings (SSSR count). The van der Waals surface area contributed by atoms with Crippen LogP contribution in [0.5, 0.6) is 11.5 Å². The summed E-state index contributed by atoms with van der Waals surface area (Å²) in [5.41, 5.74) is 2.52. The number of hydrogen-bond acceptors (Lipinski definition) is 5. The summed E-state index contributed by atoms with van der Waals surface area (Å²) in [6, 6.07) is 17.6. The topological polar surface area (TPSA) is 34.2 Å². The normalized spacial score (nSPS) is 23.6. The summed E-state index contributed by atoms with van der Waals surface area (Å²) in [4.78, 5) is 5.12. The summed E-state index contributed by atoms with van der Waals surface area (Å²) >= 11 is 0. The third-order valence-electron chi connectivity index (χ3n) is 5.66. The molecule has 2 fully saturated rings. The van der Waals surface area contributed by atoms with Gasteiger partial charge in [0.15, 0.2) is 11.5 Å². The number of rotatable bonds is 5. The van der Waals surface area contributed by atoms with E-state index in [9.17, 15) is 0 Å². The van der Waals surface area contributed by atoms with Crippen LogP contribution in [-0.2, 0) is 11.3 Å². The van der Waals surface area contributed by atoms with Crippen LogP contribution in [0.3, 0.4) is 0 Å². The Kier molecular flexibility index (Phi) is 5.62. The summed E-state index contributed by atoms with van der Waals surface area (Å²) in [7, 11) is 3.39. The van der Waals surface area contributed by atoms with E-state index >= 15 is 0 Å². The third-order valence-corrected chi connectivity index (χ3v) is 5.66. The number of benzene rings is 2. The molecule has 0 spiro atoms. The monoisotopic (exact) mass is 368 g/mol. The van der Waals surface area contributed by atoms with Gasteiger partial charge in [-0.2, -0.15) is 0 Å². The third kappa shape index (κ3) is 3.81. The van der Waals surface area contributed by atoms with E-state index in [4.69, 9.17) is 14.2 Å². The van der Waals surface area contributed by atoms with E-state index in [0.29, 0.717) is 12.1 Å². The van der Waals surface area contributed by atoms with Crippen molar-refractivity contribution in [1.82, 2.24) is 9.80 Å². The molecule has 2 aromatic carbocycles. The lowest BCUT2D eigenvalue weighted by atomic mass is 10.00. The molecule has 2 atom stereocenters. The molecule has 0 unspecified atom stereocenters. The largest absolute Gasteiger partial charge is 0.493 e. The highest BCUT2D eigenvalue weighted by molar-refractivity contribution is 5.46. The summed E-state index contributed by atoms with van der Waals surface area (Å²) < 4.78 is 17.0. The van der Waals surface area contributed by atoms with Crippen molar-refractivity contribution in [2.24, 2.45) is 0 Å². The van der Waals surface area contributed by atoms with Gasteiger partial charge in [-0.05, 0) is 11.6 Å². The minimum Gasteiger partial charge on any atom is -0.493 e. The second-order valence-electron chi connectivity index (χ2n) is 7.24. The van der Waals surface area contributed by atoms with Crippen LogP contribution in [0.15, 0.2) is 48.5 Å². The summed E-state index contributed by atoms with van der Waals surface area (Å²) in [6.07, 6.45) is 0. The maximum Gasteiger partial charge on any atom is 0.165 e. The van der Waals surface area contributed by atoms with Gasteiger partial charge in [0, 0.05) is 37.8 Å². The van der Waals surface area contributed by atoms with Gasteiger partial charge in [0.25, 0.3) is 0 Å². The summed E-state index contributed by atoms with van der Waals surface area (Å²) in [5.74, 6) is 1.63. The zero-order valence-electron chi connectivity index (χ0n) is 16.1. The van der Waals surface area contributed by atoms with Crippen LogP contribution < -0.4 is 9.47 Å². The van der Waals surface area contributed by atoms with Crippen molar-refractivity contribution in [2.75, 3.05) is 47.1 Å². The molecule has 2 aliphatic rings. The number of hydrogen-bond donors (Lipinski definition) is 0. The zero-order valence-corrected chi connectivity index (χ0v) is 16.1. The predicted molar refractivity (Wildman–Crippen MR) is 105 cm³/mol. The van der Waals surface area contributed by atoms with Gasteiger partial charge in [0.05, 0.1) is 33.5 Å². The number of methoxy groups -OCH3 is 2. The number of nitrogens with zero attached hydrogens (tertiary/aromatic N) is 2. The molecule has 5 heteroatoms. The number of fused-ring (bicyclic) bond motifs is 1. The van der Waals surface area contributed by atoms with Crippen LogP contribution >= 0.6 is 0 Å². The fraction of sp³-hybridized carbons (Fsp3) is 0.455. The average molecular weight is 368 g/mol. The van der Waals surface area contributed by atoms with Gasteiger partial charge in [-0.25, -0.2) is 0 Å². The van der Waals surface area contributed by atoms with E-state index in [2.05, 4.69) is 46.2 Å². The smallest absolute Gasteiger partial charge is 0.165 e. The Morgan fingerprint density at radius 2 is 1.81 bits per heavy atom. The lowest BCUT2D eigenvalue weighted by Crippen LogP contribution is -2.58. The van der Waals surface area contributed by atoms with Crippen molar-refractivity contribution in [3.8, 4) is 11.5 Å². The van der Waals surface area contributed by atoms with Crippen LogP contribution in [0.4, 0.5) is 0 Å². The van der Waals surface area contributed by atoms with Crippen LogP contribution in [0.2, 0.25) is 0 Å². The first-order valence-electron chi connectivity index (χ1n) is 9.61. The molecule has 144 valence electrons. The van der Waals surface area contributed by atoms with Gasteiger partial charge in [0.1, 0.15) is 0 Å².